The summed E-state index contributed by atoms with van der Waals surface area (Å²) in [5, 5.41) is 3.87. The normalized spacial score (nSPS) is 12.0. The largest absolute Gasteiger partial charge is 0.383 e. The van der Waals surface area contributed by atoms with Crippen molar-refractivity contribution in [3.05, 3.63) is 16.5 Å². The standard InChI is InChI=1S/C15H27ClN4O/c1-11-12(16)18-14(15(2,3)4)19-13(11)17-7-8-20(5)9-10-21-6/h7-10H2,1-6H3,(H,17,18,19). The highest BCUT2D eigenvalue weighted by Crippen LogP contribution is 2.25. The fourth-order valence-electron chi connectivity index (χ4n) is 1.72. The zero-order valence-electron chi connectivity index (χ0n) is 14.0. The number of hydrogen-bond donors (Lipinski definition) is 1. The number of anilines is 1. The van der Waals surface area contributed by atoms with Crippen molar-refractivity contribution < 1.29 is 4.74 Å². The molecule has 0 amide bonds. The maximum absolute atomic E-state index is 6.22. The molecular formula is C15H27ClN4O. The van der Waals surface area contributed by atoms with Gasteiger partial charge in [-0.3, -0.25) is 0 Å². The summed E-state index contributed by atoms with van der Waals surface area (Å²) < 4.78 is 5.06. The number of ether oxygens (including phenoxy) is 1. The first-order chi connectivity index (χ1) is 9.75. The summed E-state index contributed by atoms with van der Waals surface area (Å²) in [7, 11) is 3.79. The van der Waals surface area contributed by atoms with E-state index < -0.39 is 0 Å². The van der Waals surface area contributed by atoms with Gasteiger partial charge in [0.1, 0.15) is 16.8 Å². The molecule has 6 heteroatoms. The first-order valence-corrected chi connectivity index (χ1v) is 7.59. The van der Waals surface area contributed by atoms with Crippen molar-refractivity contribution in [3.8, 4) is 0 Å². The van der Waals surface area contributed by atoms with E-state index in [1.54, 1.807) is 7.11 Å². The van der Waals surface area contributed by atoms with Crippen molar-refractivity contribution in [2.75, 3.05) is 45.7 Å². The van der Waals surface area contributed by atoms with Crippen LogP contribution in [-0.2, 0) is 10.2 Å². The summed E-state index contributed by atoms with van der Waals surface area (Å²) in [5.74, 6) is 1.58. The molecule has 1 heterocycles. The third kappa shape index (κ3) is 5.77. The Balaban J connectivity index is 2.68. The van der Waals surface area contributed by atoms with Crippen LogP contribution in [0.1, 0.15) is 32.2 Å². The summed E-state index contributed by atoms with van der Waals surface area (Å²) in [4.78, 5) is 11.2. The zero-order valence-corrected chi connectivity index (χ0v) is 14.7. The first-order valence-electron chi connectivity index (χ1n) is 7.21. The minimum atomic E-state index is -0.122. The predicted molar refractivity (Wildman–Crippen MR) is 88.3 cm³/mol. The lowest BCUT2D eigenvalue weighted by molar-refractivity contribution is 0.163. The molecule has 0 aliphatic rings. The van der Waals surface area contributed by atoms with Gasteiger partial charge in [0.15, 0.2) is 0 Å². The van der Waals surface area contributed by atoms with Gasteiger partial charge >= 0.3 is 0 Å². The molecule has 1 N–H and O–H groups in total. The van der Waals surface area contributed by atoms with Crippen molar-refractivity contribution >= 4 is 17.4 Å². The van der Waals surface area contributed by atoms with Crippen LogP contribution in [0.25, 0.3) is 0 Å². The molecule has 0 fully saturated rings. The van der Waals surface area contributed by atoms with Gasteiger partial charge in [-0.25, -0.2) is 9.97 Å². The highest BCUT2D eigenvalue weighted by molar-refractivity contribution is 6.30. The van der Waals surface area contributed by atoms with Crippen LogP contribution in [0.5, 0.6) is 0 Å². The van der Waals surface area contributed by atoms with Gasteiger partial charge in [0.2, 0.25) is 0 Å². The molecule has 0 saturated carbocycles. The quantitative estimate of drug-likeness (QED) is 0.784. The third-order valence-electron chi connectivity index (χ3n) is 3.22. The number of aromatic nitrogens is 2. The molecule has 0 unspecified atom stereocenters. The molecule has 1 aromatic heterocycles. The van der Waals surface area contributed by atoms with E-state index in [0.29, 0.717) is 5.15 Å². The highest BCUT2D eigenvalue weighted by Gasteiger charge is 2.20. The van der Waals surface area contributed by atoms with E-state index in [9.17, 15) is 0 Å². The monoisotopic (exact) mass is 314 g/mol. The second-order valence-electron chi connectivity index (χ2n) is 6.28. The Morgan fingerprint density at radius 2 is 1.90 bits per heavy atom. The summed E-state index contributed by atoms with van der Waals surface area (Å²) in [6.45, 7) is 11.5. The number of nitrogens with zero attached hydrogens (tertiary/aromatic N) is 3. The smallest absolute Gasteiger partial charge is 0.137 e. The van der Waals surface area contributed by atoms with Gasteiger partial charge in [0.05, 0.1) is 6.61 Å². The molecule has 0 bridgehead atoms. The van der Waals surface area contributed by atoms with Gasteiger partial charge in [-0.05, 0) is 14.0 Å². The molecule has 0 radical (unpaired) electrons. The molecule has 0 atom stereocenters. The molecule has 0 aliphatic carbocycles. The molecular weight excluding hydrogens is 288 g/mol. The lowest BCUT2D eigenvalue weighted by Gasteiger charge is -2.20. The van der Waals surface area contributed by atoms with Crippen LogP contribution in [-0.4, -0.2) is 55.3 Å². The summed E-state index contributed by atoms with van der Waals surface area (Å²) in [6, 6.07) is 0. The lowest BCUT2D eigenvalue weighted by Crippen LogP contribution is -2.29. The van der Waals surface area contributed by atoms with Crippen LogP contribution in [0.2, 0.25) is 5.15 Å². The Morgan fingerprint density at radius 1 is 1.24 bits per heavy atom. The fourth-order valence-corrected chi connectivity index (χ4v) is 1.89. The minimum Gasteiger partial charge on any atom is -0.383 e. The number of nitrogens with one attached hydrogen (secondary N) is 1. The fraction of sp³-hybridized carbons (Fsp3) is 0.733. The molecule has 1 aromatic rings. The number of likely N-dealkylation sites (N-methyl/N-ethyl adjacent to an activating group) is 1. The van der Waals surface area contributed by atoms with Crippen LogP contribution >= 0.6 is 11.6 Å². The number of halogens is 1. The first kappa shape index (κ1) is 18.1. The Labute approximate surface area is 133 Å². The Morgan fingerprint density at radius 3 is 2.48 bits per heavy atom. The molecule has 120 valence electrons. The van der Waals surface area contributed by atoms with Crippen molar-refractivity contribution in [2.45, 2.75) is 33.1 Å². The van der Waals surface area contributed by atoms with Crippen molar-refractivity contribution in [2.24, 2.45) is 0 Å². The van der Waals surface area contributed by atoms with E-state index in [1.165, 1.54) is 0 Å². The van der Waals surface area contributed by atoms with Crippen molar-refractivity contribution in [1.82, 2.24) is 14.9 Å². The van der Waals surface area contributed by atoms with Gasteiger partial charge < -0.3 is 15.0 Å². The Bertz CT molecular complexity index is 460. The summed E-state index contributed by atoms with van der Waals surface area (Å²) in [5.41, 5.74) is 0.771. The van der Waals surface area contributed by atoms with E-state index in [4.69, 9.17) is 16.3 Å². The average Bonchev–Trinajstić information content (AvgIpc) is 2.39. The number of rotatable bonds is 7. The maximum atomic E-state index is 6.22. The lowest BCUT2D eigenvalue weighted by atomic mass is 9.95. The molecule has 0 aromatic carbocycles. The van der Waals surface area contributed by atoms with Gasteiger partial charge in [0, 0.05) is 37.7 Å². The van der Waals surface area contributed by atoms with Crippen LogP contribution in [0.4, 0.5) is 5.82 Å². The highest BCUT2D eigenvalue weighted by atomic mass is 35.5. The van der Waals surface area contributed by atoms with E-state index >= 15 is 0 Å². The molecule has 21 heavy (non-hydrogen) atoms. The molecule has 0 spiro atoms. The SMILES string of the molecule is COCCN(C)CCNc1nc(C(C)(C)C)nc(Cl)c1C. The van der Waals surface area contributed by atoms with E-state index in [0.717, 1.165) is 43.4 Å². The summed E-state index contributed by atoms with van der Waals surface area (Å²) >= 11 is 6.22. The minimum absolute atomic E-state index is 0.122. The van der Waals surface area contributed by atoms with Crippen LogP contribution < -0.4 is 5.32 Å². The molecule has 5 nitrogen and oxygen atoms in total. The van der Waals surface area contributed by atoms with Gasteiger partial charge in [-0.15, -0.1) is 0 Å². The van der Waals surface area contributed by atoms with Crippen molar-refractivity contribution in [3.63, 3.8) is 0 Å². The second-order valence-corrected chi connectivity index (χ2v) is 6.64. The molecule has 1 rings (SSSR count). The van der Waals surface area contributed by atoms with Crippen LogP contribution in [0.15, 0.2) is 0 Å². The average molecular weight is 315 g/mol. The Kier molecular flexibility index (Phi) is 6.84. The zero-order chi connectivity index (χ0) is 16.0. The van der Waals surface area contributed by atoms with E-state index in [1.807, 2.05) is 6.92 Å². The molecule has 0 saturated heterocycles. The Hall–Kier alpha value is -0.910. The number of methoxy groups -OCH3 is 1. The number of hydrogen-bond acceptors (Lipinski definition) is 5. The van der Waals surface area contributed by atoms with Gasteiger partial charge in [-0.2, -0.15) is 0 Å². The van der Waals surface area contributed by atoms with Gasteiger partial charge in [0.25, 0.3) is 0 Å². The van der Waals surface area contributed by atoms with Crippen LogP contribution in [0.3, 0.4) is 0 Å². The van der Waals surface area contributed by atoms with E-state index in [2.05, 4.69) is 48.0 Å². The second kappa shape index (κ2) is 7.92. The summed E-state index contributed by atoms with van der Waals surface area (Å²) in [6.07, 6.45) is 0. The van der Waals surface area contributed by atoms with Crippen LogP contribution in [0, 0.1) is 6.92 Å². The topological polar surface area (TPSA) is 50.3 Å². The van der Waals surface area contributed by atoms with Gasteiger partial charge in [-0.1, -0.05) is 32.4 Å². The third-order valence-corrected chi connectivity index (χ3v) is 3.59. The van der Waals surface area contributed by atoms with E-state index in [-0.39, 0.29) is 5.41 Å². The predicted octanol–water partition coefficient (Wildman–Crippen LogP) is 2.73. The van der Waals surface area contributed by atoms with Crippen molar-refractivity contribution in [1.29, 1.82) is 0 Å². The molecule has 0 aliphatic heterocycles. The maximum Gasteiger partial charge on any atom is 0.137 e.